The highest BCUT2D eigenvalue weighted by atomic mass is 35.5. The highest BCUT2D eigenvalue weighted by Gasteiger charge is 2.37. The SMILES string of the molecule is OC(CNCc1ccc(F)c(Cl)c1)C(F)(F)F. The van der Waals surface area contributed by atoms with Crippen molar-refractivity contribution in [3.05, 3.63) is 34.6 Å². The predicted octanol–water partition coefficient (Wildman–Crippen LogP) is 2.49. The third-order valence-electron chi connectivity index (χ3n) is 2.03. The summed E-state index contributed by atoms with van der Waals surface area (Å²) in [6.45, 7) is -0.564. The van der Waals surface area contributed by atoms with Gasteiger partial charge in [0, 0.05) is 13.1 Å². The molecule has 1 aromatic carbocycles. The van der Waals surface area contributed by atoms with Crippen LogP contribution < -0.4 is 5.32 Å². The Kier molecular flexibility index (Phi) is 4.73. The number of alkyl halides is 3. The van der Waals surface area contributed by atoms with Crippen LogP contribution in [-0.4, -0.2) is 23.9 Å². The number of aliphatic hydroxyl groups excluding tert-OH is 1. The molecule has 0 radical (unpaired) electrons. The monoisotopic (exact) mass is 271 g/mol. The third kappa shape index (κ3) is 4.49. The van der Waals surface area contributed by atoms with Crippen LogP contribution in [-0.2, 0) is 6.54 Å². The van der Waals surface area contributed by atoms with E-state index in [0.29, 0.717) is 5.56 Å². The Morgan fingerprint density at radius 2 is 2.00 bits per heavy atom. The molecule has 0 aliphatic heterocycles. The van der Waals surface area contributed by atoms with Gasteiger partial charge in [-0.2, -0.15) is 13.2 Å². The van der Waals surface area contributed by atoms with Gasteiger partial charge in [0.25, 0.3) is 0 Å². The first kappa shape index (κ1) is 14.2. The lowest BCUT2D eigenvalue weighted by molar-refractivity contribution is -0.201. The first-order valence-corrected chi connectivity index (χ1v) is 5.08. The van der Waals surface area contributed by atoms with Crippen LogP contribution in [0.15, 0.2) is 18.2 Å². The minimum Gasteiger partial charge on any atom is -0.382 e. The van der Waals surface area contributed by atoms with Crippen LogP contribution in [0.25, 0.3) is 0 Å². The van der Waals surface area contributed by atoms with Gasteiger partial charge in [0.2, 0.25) is 0 Å². The standard InChI is InChI=1S/C10H10ClF4NO/c11-7-3-6(1-2-8(7)12)4-16-5-9(17)10(13,14)15/h1-3,9,16-17H,4-5H2. The molecule has 0 aliphatic carbocycles. The molecule has 1 unspecified atom stereocenters. The van der Waals surface area contributed by atoms with Gasteiger partial charge >= 0.3 is 6.18 Å². The minimum absolute atomic E-state index is 0.0626. The van der Waals surface area contributed by atoms with Crippen molar-refractivity contribution in [2.45, 2.75) is 18.8 Å². The zero-order chi connectivity index (χ0) is 13.1. The fourth-order valence-electron chi connectivity index (χ4n) is 1.12. The second kappa shape index (κ2) is 5.66. The molecule has 0 aromatic heterocycles. The minimum atomic E-state index is -4.65. The largest absolute Gasteiger partial charge is 0.415 e. The van der Waals surface area contributed by atoms with Crippen molar-refractivity contribution in [2.24, 2.45) is 0 Å². The molecule has 0 fully saturated rings. The molecule has 0 saturated heterocycles. The fourth-order valence-corrected chi connectivity index (χ4v) is 1.32. The Bertz CT molecular complexity index is 383. The summed E-state index contributed by atoms with van der Waals surface area (Å²) in [5.74, 6) is -0.592. The maximum absolute atomic E-state index is 12.8. The molecule has 0 saturated carbocycles. The highest BCUT2D eigenvalue weighted by molar-refractivity contribution is 6.30. The predicted molar refractivity (Wildman–Crippen MR) is 55.2 cm³/mol. The summed E-state index contributed by atoms with van der Waals surface area (Å²) < 4.78 is 48.6. The Hall–Kier alpha value is -0.850. The van der Waals surface area contributed by atoms with Gasteiger partial charge in [-0.15, -0.1) is 0 Å². The maximum atomic E-state index is 12.8. The first-order chi connectivity index (χ1) is 7.80. The van der Waals surface area contributed by atoms with Crippen molar-refractivity contribution in [1.82, 2.24) is 5.32 Å². The van der Waals surface area contributed by atoms with Gasteiger partial charge in [-0.1, -0.05) is 17.7 Å². The molecule has 0 amide bonds. The Morgan fingerprint density at radius 3 is 2.53 bits per heavy atom. The lowest BCUT2D eigenvalue weighted by atomic mass is 10.2. The number of hydrogen-bond acceptors (Lipinski definition) is 2. The van der Waals surface area contributed by atoms with Crippen LogP contribution in [0.5, 0.6) is 0 Å². The van der Waals surface area contributed by atoms with Crippen molar-refractivity contribution >= 4 is 11.6 Å². The average molecular weight is 272 g/mol. The van der Waals surface area contributed by atoms with Crippen molar-refractivity contribution < 1.29 is 22.7 Å². The van der Waals surface area contributed by atoms with Gasteiger partial charge in [0.05, 0.1) is 5.02 Å². The van der Waals surface area contributed by atoms with Crippen LogP contribution in [0.1, 0.15) is 5.56 Å². The van der Waals surface area contributed by atoms with Gasteiger partial charge in [0.15, 0.2) is 6.10 Å². The van der Waals surface area contributed by atoms with Gasteiger partial charge in [-0.05, 0) is 17.7 Å². The third-order valence-corrected chi connectivity index (χ3v) is 2.32. The molecule has 0 heterocycles. The average Bonchev–Trinajstić information content (AvgIpc) is 2.22. The van der Waals surface area contributed by atoms with Crippen LogP contribution in [0.4, 0.5) is 17.6 Å². The molecule has 1 rings (SSSR count). The van der Waals surface area contributed by atoms with E-state index >= 15 is 0 Å². The number of rotatable bonds is 4. The van der Waals surface area contributed by atoms with Crippen LogP contribution in [0, 0.1) is 5.82 Å². The van der Waals surface area contributed by atoms with Crippen molar-refractivity contribution in [3.63, 3.8) is 0 Å². The van der Waals surface area contributed by atoms with E-state index in [-0.39, 0.29) is 11.6 Å². The van der Waals surface area contributed by atoms with Crippen molar-refractivity contribution in [2.75, 3.05) is 6.54 Å². The number of benzene rings is 1. The van der Waals surface area contributed by atoms with Gasteiger partial charge < -0.3 is 10.4 Å². The topological polar surface area (TPSA) is 32.3 Å². The summed E-state index contributed by atoms with van der Waals surface area (Å²) in [5, 5.41) is 11.0. The summed E-state index contributed by atoms with van der Waals surface area (Å²) >= 11 is 5.50. The summed E-state index contributed by atoms with van der Waals surface area (Å²) in [7, 11) is 0. The van der Waals surface area contributed by atoms with Crippen LogP contribution in [0.2, 0.25) is 5.02 Å². The van der Waals surface area contributed by atoms with Crippen LogP contribution in [0.3, 0.4) is 0 Å². The summed E-state index contributed by atoms with van der Waals surface area (Å²) in [5.41, 5.74) is 0.533. The molecule has 2 N–H and O–H groups in total. The normalized spacial score (nSPS) is 13.8. The lowest BCUT2D eigenvalue weighted by Gasteiger charge is -2.15. The molecule has 96 valence electrons. The molecule has 1 atom stereocenters. The van der Waals surface area contributed by atoms with E-state index in [4.69, 9.17) is 16.7 Å². The van der Waals surface area contributed by atoms with Crippen molar-refractivity contribution in [1.29, 1.82) is 0 Å². The quantitative estimate of drug-likeness (QED) is 0.825. The van der Waals surface area contributed by atoms with E-state index in [0.717, 1.165) is 6.07 Å². The molecule has 7 heteroatoms. The molecular formula is C10H10ClF4NO. The van der Waals surface area contributed by atoms with E-state index in [1.807, 2.05) is 0 Å². The van der Waals surface area contributed by atoms with E-state index in [9.17, 15) is 17.6 Å². The van der Waals surface area contributed by atoms with Crippen LogP contribution >= 0.6 is 11.6 Å². The van der Waals surface area contributed by atoms with E-state index in [2.05, 4.69) is 5.32 Å². The number of nitrogens with one attached hydrogen (secondary N) is 1. The molecule has 0 aliphatic rings. The molecule has 0 spiro atoms. The number of hydrogen-bond donors (Lipinski definition) is 2. The first-order valence-electron chi connectivity index (χ1n) is 4.70. The Morgan fingerprint density at radius 1 is 1.35 bits per heavy atom. The fraction of sp³-hybridized carbons (Fsp3) is 0.400. The number of aliphatic hydroxyl groups is 1. The molecule has 1 aromatic rings. The lowest BCUT2D eigenvalue weighted by Crippen LogP contribution is -2.38. The van der Waals surface area contributed by atoms with Gasteiger partial charge in [-0.3, -0.25) is 0 Å². The molecular weight excluding hydrogens is 262 g/mol. The zero-order valence-corrected chi connectivity index (χ0v) is 9.32. The van der Waals surface area contributed by atoms with E-state index in [1.165, 1.54) is 12.1 Å². The number of halogens is 5. The highest BCUT2D eigenvalue weighted by Crippen LogP contribution is 2.19. The second-order valence-electron chi connectivity index (χ2n) is 3.44. The Labute approximate surface area is 100 Å². The summed E-state index contributed by atoms with van der Waals surface area (Å²) in [4.78, 5) is 0. The smallest absolute Gasteiger partial charge is 0.382 e. The van der Waals surface area contributed by atoms with E-state index < -0.39 is 24.6 Å². The zero-order valence-electron chi connectivity index (χ0n) is 8.56. The molecule has 0 bridgehead atoms. The van der Waals surface area contributed by atoms with Gasteiger partial charge in [-0.25, -0.2) is 4.39 Å². The summed E-state index contributed by atoms with van der Waals surface area (Å²) in [6, 6.07) is 3.83. The summed E-state index contributed by atoms with van der Waals surface area (Å²) in [6.07, 6.45) is -7.06. The molecule has 17 heavy (non-hydrogen) atoms. The van der Waals surface area contributed by atoms with Gasteiger partial charge in [0.1, 0.15) is 5.82 Å². The molecule has 2 nitrogen and oxygen atoms in total. The Balaban J connectivity index is 2.44. The maximum Gasteiger partial charge on any atom is 0.415 e. The van der Waals surface area contributed by atoms with E-state index in [1.54, 1.807) is 0 Å². The second-order valence-corrected chi connectivity index (χ2v) is 3.84. The van der Waals surface area contributed by atoms with Crippen molar-refractivity contribution in [3.8, 4) is 0 Å².